The topological polar surface area (TPSA) is 196 Å². The molecule has 3 aromatic rings. The van der Waals surface area contributed by atoms with Crippen molar-refractivity contribution >= 4 is 30.0 Å². The third-order valence-corrected chi connectivity index (χ3v) is 11.4. The number of methoxy groups -OCH3 is 1. The Bertz CT molecular complexity index is 2210. The number of esters is 4. The molecule has 2 heterocycles. The Morgan fingerprint density at radius 1 is 0.403 bits per heavy atom. The molecule has 17 nitrogen and oxygen atoms in total. The Labute approximate surface area is 423 Å². The fourth-order valence-electron chi connectivity index (χ4n) is 7.13. The molecule has 2 aliphatic rings. The molecular weight excluding hydrogens is 933 g/mol. The molecule has 72 heavy (non-hydrogen) atoms. The maximum atomic E-state index is 14.2. The summed E-state index contributed by atoms with van der Waals surface area (Å²) in [6.45, 7) is 18.7. The van der Waals surface area contributed by atoms with Gasteiger partial charge in [0.15, 0.2) is 18.5 Å². The van der Waals surface area contributed by atoms with Crippen molar-refractivity contribution in [3.63, 3.8) is 0 Å². The van der Waals surface area contributed by atoms with Crippen molar-refractivity contribution in [2.75, 3.05) is 20.3 Å². The predicted molar refractivity (Wildman–Crippen MR) is 260 cm³/mol. The Morgan fingerprint density at radius 3 is 1.19 bits per heavy atom. The van der Waals surface area contributed by atoms with Gasteiger partial charge in [-0.25, -0.2) is 4.79 Å². The van der Waals surface area contributed by atoms with Crippen LogP contribution in [-0.2, 0) is 95.8 Å². The number of carbonyl (C=O) groups is 5. The van der Waals surface area contributed by atoms with Crippen LogP contribution in [0.1, 0.15) is 99.8 Å². The van der Waals surface area contributed by atoms with E-state index in [2.05, 4.69) is 0 Å². The normalized spacial score (nSPS) is 24.8. The molecule has 0 aromatic heterocycles. The second-order valence-corrected chi connectivity index (χ2v) is 22.0. The maximum absolute atomic E-state index is 14.2. The standard InChI is InChI=1S/C55H74O17/c1-52(2,3)47(56)65-32-38-40(69-48(57)53(4,5)6)42(70-49(58)54(7,8)9)44(71-50(59)55(10,11)12)46(68-38)72-51(60)66-33-37-39(62-29-34-23-17-14-18-24-34)41(63-30-35-25-19-15-20-26-35)43(45(61-13)67-37)64-31-36-27-21-16-22-28-36/h14-28,37-46H,29-33H2,1-13H3/t37-,38-,39-,40+,41+,42+,43-,44-,45+,46+/m1/s1. The lowest BCUT2D eigenvalue weighted by Gasteiger charge is -2.46. The molecule has 0 radical (unpaired) electrons. The van der Waals surface area contributed by atoms with Crippen molar-refractivity contribution < 1.29 is 80.8 Å². The zero-order valence-corrected chi connectivity index (χ0v) is 43.9. The largest absolute Gasteiger partial charge is 0.510 e. The summed E-state index contributed by atoms with van der Waals surface area (Å²) in [5.74, 6) is -2.98. The van der Waals surface area contributed by atoms with Gasteiger partial charge in [0.1, 0.15) is 43.7 Å². The van der Waals surface area contributed by atoms with Crippen LogP contribution in [0.4, 0.5) is 4.79 Å². The maximum Gasteiger partial charge on any atom is 0.510 e. The summed E-state index contributed by atoms with van der Waals surface area (Å²) >= 11 is 0. The summed E-state index contributed by atoms with van der Waals surface area (Å²) in [4.78, 5) is 68.6. The molecule has 396 valence electrons. The molecule has 0 saturated carbocycles. The molecule has 0 spiro atoms. The van der Waals surface area contributed by atoms with Crippen LogP contribution in [0.5, 0.6) is 0 Å². The van der Waals surface area contributed by atoms with E-state index < -0.39 is 126 Å². The molecule has 2 fully saturated rings. The highest BCUT2D eigenvalue weighted by atomic mass is 16.8. The highest BCUT2D eigenvalue weighted by Crippen LogP contribution is 2.36. The van der Waals surface area contributed by atoms with E-state index in [0.29, 0.717) is 0 Å². The van der Waals surface area contributed by atoms with E-state index in [0.717, 1.165) is 16.7 Å². The van der Waals surface area contributed by atoms with Gasteiger partial charge in [-0.2, -0.15) is 0 Å². The molecule has 0 aliphatic carbocycles. The predicted octanol–water partition coefficient (Wildman–Crippen LogP) is 8.46. The van der Waals surface area contributed by atoms with Gasteiger partial charge in [-0.1, -0.05) is 91.0 Å². The summed E-state index contributed by atoms with van der Waals surface area (Å²) < 4.78 is 74.0. The molecule has 0 unspecified atom stereocenters. The Balaban J connectivity index is 1.51. The average Bonchev–Trinajstić information content (AvgIpc) is 3.32. The second-order valence-electron chi connectivity index (χ2n) is 22.0. The van der Waals surface area contributed by atoms with Crippen LogP contribution in [0, 0.1) is 21.7 Å². The first-order chi connectivity index (χ1) is 33.8. The van der Waals surface area contributed by atoms with Crippen LogP contribution in [0.3, 0.4) is 0 Å². The molecule has 0 N–H and O–H groups in total. The van der Waals surface area contributed by atoms with Crippen molar-refractivity contribution in [3.8, 4) is 0 Å². The monoisotopic (exact) mass is 1010 g/mol. The Hall–Kier alpha value is -5.43. The van der Waals surface area contributed by atoms with Gasteiger partial charge in [-0.15, -0.1) is 0 Å². The minimum atomic E-state index is -1.90. The summed E-state index contributed by atoms with van der Waals surface area (Å²) in [5, 5.41) is 0. The van der Waals surface area contributed by atoms with Crippen LogP contribution < -0.4 is 0 Å². The van der Waals surface area contributed by atoms with Crippen molar-refractivity contribution in [2.24, 2.45) is 21.7 Å². The highest BCUT2D eigenvalue weighted by Gasteiger charge is 2.57. The first-order valence-electron chi connectivity index (χ1n) is 24.2. The van der Waals surface area contributed by atoms with Crippen LogP contribution in [-0.4, -0.2) is 112 Å². The molecule has 5 rings (SSSR count). The van der Waals surface area contributed by atoms with E-state index in [1.807, 2.05) is 91.0 Å². The van der Waals surface area contributed by atoms with Gasteiger partial charge in [-0.05, 0) is 99.8 Å². The lowest BCUT2D eigenvalue weighted by molar-refractivity contribution is -0.323. The third-order valence-electron chi connectivity index (χ3n) is 11.4. The smallest absolute Gasteiger partial charge is 0.462 e. The fraction of sp³-hybridized carbons (Fsp3) is 0.582. The Kier molecular flexibility index (Phi) is 20.0. The first kappa shape index (κ1) is 57.5. The van der Waals surface area contributed by atoms with E-state index in [1.165, 1.54) is 7.11 Å². The number of benzene rings is 3. The van der Waals surface area contributed by atoms with Gasteiger partial charge in [0.25, 0.3) is 0 Å². The van der Waals surface area contributed by atoms with E-state index >= 15 is 0 Å². The number of hydrogen-bond acceptors (Lipinski definition) is 17. The van der Waals surface area contributed by atoms with E-state index in [9.17, 15) is 24.0 Å². The summed E-state index contributed by atoms with van der Waals surface area (Å²) in [6.07, 6.45) is -14.5. The molecule has 0 bridgehead atoms. The number of rotatable bonds is 18. The summed E-state index contributed by atoms with van der Waals surface area (Å²) in [5.41, 5.74) is -1.73. The second kappa shape index (κ2) is 25.0. The zero-order chi connectivity index (χ0) is 53.0. The van der Waals surface area contributed by atoms with Crippen LogP contribution in [0.2, 0.25) is 0 Å². The molecule has 0 amide bonds. The highest BCUT2D eigenvalue weighted by molar-refractivity contribution is 5.78. The van der Waals surface area contributed by atoms with Gasteiger partial charge in [0.2, 0.25) is 12.4 Å². The number of hydrogen-bond donors (Lipinski definition) is 0. The quantitative estimate of drug-likeness (QED) is 0.0868. The van der Waals surface area contributed by atoms with Crippen molar-refractivity contribution in [2.45, 2.75) is 164 Å². The van der Waals surface area contributed by atoms with E-state index in [-0.39, 0.29) is 19.8 Å². The van der Waals surface area contributed by atoms with E-state index in [1.54, 1.807) is 83.1 Å². The van der Waals surface area contributed by atoms with Crippen LogP contribution >= 0.6 is 0 Å². The van der Waals surface area contributed by atoms with Crippen molar-refractivity contribution in [1.29, 1.82) is 0 Å². The average molecular weight is 1010 g/mol. The molecule has 3 aromatic carbocycles. The van der Waals surface area contributed by atoms with Crippen LogP contribution in [0.25, 0.3) is 0 Å². The number of ether oxygens (including phenoxy) is 12. The minimum absolute atomic E-state index is 0.109. The van der Waals surface area contributed by atoms with Crippen molar-refractivity contribution in [3.05, 3.63) is 108 Å². The van der Waals surface area contributed by atoms with E-state index in [4.69, 9.17) is 56.8 Å². The summed E-state index contributed by atoms with van der Waals surface area (Å²) in [7, 11) is 1.46. The lowest BCUT2D eigenvalue weighted by atomic mass is 9.93. The first-order valence-corrected chi connectivity index (χ1v) is 24.2. The molecule has 17 heteroatoms. The summed E-state index contributed by atoms with van der Waals surface area (Å²) in [6, 6.07) is 28.6. The fourth-order valence-corrected chi connectivity index (χ4v) is 7.13. The zero-order valence-electron chi connectivity index (χ0n) is 43.9. The van der Waals surface area contributed by atoms with Gasteiger partial charge < -0.3 is 56.8 Å². The van der Waals surface area contributed by atoms with Gasteiger partial charge >= 0.3 is 30.0 Å². The minimum Gasteiger partial charge on any atom is -0.462 e. The van der Waals surface area contributed by atoms with Gasteiger partial charge in [0, 0.05) is 7.11 Å². The molecule has 2 aliphatic heterocycles. The molecule has 2 saturated heterocycles. The SMILES string of the molecule is CO[C@H]1O[C@H](COC(=O)O[C@@H]2O[C@H](COC(=O)C(C)(C)C)[C@H](OC(=O)C(C)(C)C)[C@H](OC(=O)C(C)(C)C)[C@H]2OC(=O)C(C)(C)C)[C@@H](OCc2ccccc2)[C@H](OCc2ccccc2)[C@H]1OCc1ccccc1. The number of carbonyl (C=O) groups excluding carboxylic acids is 5. The third kappa shape index (κ3) is 16.5. The lowest BCUT2D eigenvalue weighted by Crippen LogP contribution is -2.64. The van der Waals surface area contributed by atoms with Crippen LogP contribution in [0.15, 0.2) is 91.0 Å². The van der Waals surface area contributed by atoms with Gasteiger partial charge in [-0.3, -0.25) is 19.2 Å². The molecular formula is C55H74O17. The molecule has 10 atom stereocenters. The van der Waals surface area contributed by atoms with Gasteiger partial charge in [0.05, 0.1) is 41.5 Å². The van der Waals surface area contributed by atoms with Crippen molar-refractivity contribution in [1.82, 2.24) is 0 Å². The Morgan fingerprint density at radius 2 is 0.764 bits per heavy atom.